The average molecular weight is 250 g/mol. The molecule has 0 unspecified atom stereocenters. The van der Waals surface area contributed by atoms with Crippen molar-refractivity contribution < 1.29 is 4.74 Å². The van der Waals surface area contributed by atoms with Crippen molar-refractivity contribution in [3.63, 3.8) is 0 Å². The van der Waals surface area contributed by atoms with Gasteiger partial charge < -0.3 is 15.0 Å². The smallest absolute Gasteiger partial charge is 0.273 e. The molecule has 1 aromatic heterocycles. The lowest BCUT2D eigenvalue weighted by Gasteiger charge is -2.28. The third-order valence-electron chi connectivity index (χ3n) is 4.00. The Morgan fingerprint density at radius 1 is 1.39 bits per heavy atom. The number of hydrogen-bond acceptors (Lipinski definition) is 3. The molecule has 4 nitrogen and oxygen atoms in total. The van der Waals surface area contributed by atoms with Gasteiger partial charge in [0.15, 0.2) is 0 Å². The molecule has 18 heavy (non-hydrogen) atoms. The molecule has 100 valence electrons. The Balaban J connectivity index is 2.03. The van der Waals surface area contributed by atoms with Gasteiger partial charge in [-0.3, -0.25) is 4.79 Å². The number of nitrogens with two attached hydrogens (primary N) is 1. The highest BCUT2D eigenvalue weighted by atomic mass is 16.5. The standard InChI is InChI=1S/C14H22N2O2/c1-10-7-8-16(14(17)13(10)15)9-11-3-5-12(18-2)6-4-11/h7-8,11-12H,3-6,9,15H2,1-2H3/t11-,12-. The van der Waals surface area contributed by atoms with E-state index in [1.165, 1.54) is 0 Å². The number of ether oxygens (including phenoxy) is 1. The monoisotopic (exact) mass is 250 g/mol. The first-order valence-electron chi connectivity index (χ1n) is 6.60. The maximum absolute atomic E-state index is 12.0. The highest BCUT2D eigenvalue weighted by Gasteiger charge is 2.21. The zero-order chi connectivity index (χ0) is 13.1. The van der Waals surface area contributed by atoms with Crippen molar-refractivity contribution in [3.8, 4) is 0 Å². The molecule has 0 bridgehead atoms. The zero-order valence-corrected chi connectivity index (χ0v) is 11.2. The van der Waals surface area contributed by atoms with Gasteiger partial charge in [0.25, 0.3) is 5.56 Å². The minimum Gasteiger partial charge on any atom is -0.394 e. The van der Waals surface area contributed by atoms with E-state index in [0.717, 1.165) is 37.8 Å². The minimum absolute atomic E-state index is 0.0520. The second kappa shape index (κ2) is 5.57. The van der Waals surface area contributed by atoms with Gasteiger partial charge in [-0.25, -0.2) is 0 Å². The number of methoxy groups -OCH3 is 1. The Morgan fingerprint density at radius 3 is 2.67 bits per heavy atom. The summed E-state index contributed by atoms with van der Waals surface area (Å²) in [7, 11) is 1.77. The highest BCUT2D eigenvalue weighted by molar-refractivity contribution is 5.42. The van der Waals surface area contributed by atoms with Crippen LogP contribution in [0.3, 0.4) is 0 Å². The number of aromatic nitrogens is 1. The van der Waals surface area contributed by atoms with Crippen molar-refractivity contribution in [1.82, 2.24) is 4.57 Å². The second-order valence-corrected chi connectivity index (χ2v) is 5.25. The van der Waals surface area contributed by atoms with Crippen LogP contribution in [0, 0.1) is 12.8 Å². The third-order valence-corrected chi connectivity index (χ3v) is 4.00. The molecule has 0 aliphatic heterocycles. The quantitative estimate of drug-likeness (QED) is 0.892. The van der Waals surface area contributed by atoms with Gasteiger partial charge in [-0.1, -0.05) is 0 Å². The van der Waals surface area contributed by atoms with Crippen LogP contribution in [0.2, 0.25) is 0 Å². The summed E-state index contributed by atoms with van der Waals surface area (Å²) in [5.74, 6) is 0.566. The molecule has 1 heterocycles. The molecule has 4 heteroatoms. The van der Waals surface area contributed by atoms with E-state index in [1.807, 2.05) is 19.2 Å². The molecule has 1 aliphatic rings. The number of pyridine rings is 1. The van der Waals surface area contributed by atoms with Crippen LogP contribution in [-0.2, 0) is 11.3 Å². The van der Waals surface area contributed by atoms with E-state index in [9.17, 15) is 4.79 Å². The molecule has 1 aromatic rings. The van der Waals surface area contributed by atoms with Crippen molar-refractivity contribution >= 4 is 5.69 Å². The summed E-state index contributed by atoms with van der Waals surface area (Å²) < 4.78 is 7.11. The van der Waals surface area contributed by atoms with Gasteiger partial charge in [0.1, 0.15) is 5.69 Å². The number of aryl methyl sites for hydroxylation is 1. The molecule has 1 aliphatic carbocycles. The fourth-order valence-electron chi connectivity index (χ4n) is 2.65. The molecule has 0 atom stereocenters. The summed E-state index contributed by atoms with van der Waals surface area (Å²) in [5, 5.41) is 0. The lowest BCUT2D eigenvalue weighted by molar-refractivity contribution is 0.0541. The average Bonchev–Trinajstić information content (AvgIpc) is 2.40. The Kier molecular flexibility index (Phi) is 4.07. The maximum Gasteiger partial charge on any atom is 0.273 e. The predicted molar refractivity (Wildman–Crippen MR) is 72.6 cm³/mol. The normalized spacial score (nSPS) is 24.1. The van der Waals surface area contributed by atoms with E-state index in [2.05, 4.69) is 0 Å². The third kappa shape index (κ3) is 2.75. The zero-order valence-electron chi connectivity index (χ0n) is 11.2. The van der Waals surface area contributed by atoms with Crippen LogP contribution < -0.4 is 11.3 Å². The SMILES string of the molecule is CO[C@H]1CC[C@H](Cn2ccc(C)c(N)c2=O)CC1. The van der Waals surface area contributed by atoms with Gasteiger partial charge in [-0.2, -0.15) is 0 Å². The molecule has 2 rings (SSSR count). The summed E-state index contributed by atoms with van der Waals surface area (Å²) in [6, 6.07) is 1.91. The van der Waals surface area contributed by atoms with Gasteiger partial charge in [0, 0.05) is 19.9 Å². The molecule has 1 fully saturated rings. The van der Waals surface area contributed by atoms with Gasteiger partial charge in [-0.05, 0) is 50.2 Å². The predicted octanol–water partition coefficient (Wildman–Crippen LogP) is 1.94. The molecule has 0 spiro atoms. The van der Waals surface area contributed by atoms with E-state index in [4.69, 9.17) is 10.5 Å². The first-order valence-corrected chi connectivity index (χ1v) is 6.60. The summed E-state index contributed by atoms with van der Waals surface area (Å²) in [4.78, 5) is 12.0. The Morgan fingerprint density at radius 2 is 2.06 bits per heavy atom. The van der Waals surface area contributed by atoms with E-state index >= 15 is 0 Å². The fourth-order valence-corrected chi connectivity index (χ4v) is 2.65. The molecule has 1 saturated carbocycles. The number of anilines is 1. The van der Waals surface area contributed by atoms with Crippen LogP contribution in [0.5, 0.6) is 0 Å². The minimum atomic E-state index is -0.0520. The molecular formula is C14H22N2O2. The van der Waals surface area contributed by atoms with Crippen LogP contribution in [-0.4, -0.2) is 17.8 Å². The fraction of sp³-hybridized carbons (Fsp3) is 0.643. The topological polar surface area (TPSA) is 57.2 Å². The highest BCUT2D eigenvalue weighted by Crippen LogP contribution is 2.26. The van der Waals surface area contributed by atoms with Crippen molar-refractivity contribution in [1.29, 1.82) is 0 Å². The van der Waals surface area contributed by atoms with E-state index in [1.54, 1.807) is 11.7 Å². The number of nitrogen functional groups attached to an aromatic ring is 1. The first-order chi connectivity index (χ1) is 8.61. The van der Waals surface area contributed by atoms with Gasteiger partial charge >= 0.3 is 0 Å². The lowest BCUT2D eigenvalue weighted by atomic mass is 9.87. The number of rotatable bonds is 3. The van der Waals surface area contributed by atoms with Gasteiger partial charge in [0.2, 0.25) is 0 Å². The van der Waals surface area contributed by atoms with Crippen molar-refractivity contribution in [2.75, 3.05) is 12.8 Å². The summed E-state index contributed by atoms with van der Waals surface area (Å²) in [5.41, 5.74) is 6.96. The van der Waals surface area contributed by atoms with Gasteiger partial charge in [-0.15, -0.1) is 0 Å². The number of nitrogens with zero attached hydrogens (tertiary/aromatic N) is 1. The summed E-state index contributed by atoms with van der Waals surface area (Å²) >= 11 is 0. The molecule has 0 amide bonds. The van der Waals surface area contributed by atoms with E-state index in [-0.39, 0.29) is 5.56 Å². The maximum atomic E-state index is 12.0. The lowest BCUT2D eigenvalue weighted by Crippen LogP contribution is -2.29. The van der Waals surface area contributed by atoms with E-state index < -0.39 is 0 Å². The summed E-state index contributed by atoms with van der Waals surface area (Å²) in [6.45, 7) is 2.64. The molecule has 0 saturated heterocycles. The van der Waals surface area contributed by atoms with Crippen LogP contribution >= 0.6 is 0 Å². The molecule has 0 radical (unpaired) electrons. The Bertz CT molecular complexity index is 459. The van der Waals surface area contributed by atoms with Crippen LogP contribution in [0.1, 0.15) is 31.2 Å². The van der Waals surface area contributed by atoms with Crippen molar-refractivity contribution in [2.45, 2.75) is 45.3 Å². The second-order valence-electron chi connectivity index (χ2n) is 5.25. The van der Waals surface area contributed by atoms with E-state index in [0.29, 0.717) is 17.7 Å². The van der Waals surface area contributed by atoms with Crippen LogP contribution in [0.4, 0.5) is 5.69 Å². The molecular weight excluding hydrogens is 228 g/mol. The molecule has 0 aromatic carbocycles. The largest absolute Gasteiger partial charge is 0.394 e. The van der Waals surface area contributed by atoms with Crippen LogP contribution in [0.25, 0.3) is 0 Å². The Hall–Kier alpha value is -1.29. The summed E-state index contributed by atoms with van der Waals surface area (Å²) in [6.07, 6.45) is 6.70. The van der Waals surface area contributed by atoms with Gasteiger partial charge in [0.05, 0.1) is 6.10 Å². The van der Waals surface area contributed by atoms with Crippen molar-refractivity contribution in [3.05, 3.63) is 28.2 Å². The Labute approximate surface area is 108 Å². The van der Waals surface area contributed by atoms with Crippen molar-refractivity contribution in [2.24, 2.45) is 5.92 Å². The molecule has 2 N–H and O–H groups in total. The number of hydrogen-bond donors (Lipinski definition) is 1. The van der Waals surface area contributed by atoms with Crippen LogP contribution in [0.15, 0.2) is 17.1 Å². The first kappa shape index (κ1) is 13.1.